The fourth-order valence-corrected chi connectivity index (χ4v) is 2.89. The molecule has 5 heteroatoms. The number of hydrogen-bond acceptors (Lipinski definition) is 3. The molecule has 0 saturated heterocycles. The predicted molar refractivity (Wildman–Crippen MR) is 120 cm³/mol. The maximum Gasteiger partial charge on any atom is 0.258 e. The van der Waals surface area contributed by atoms with Gasteiger partial charge in [-0.15, -0.1) is 0 Å². The molecule has 0 heterocycles. The van der Waals surface area contributed by atoms with Crippen molar-refractivity contribution in [1.29, 1.82) is 0 Å². The Balaban J connectivity index is 1.66. The smallest absolute Gasteiger partial charge is 0.258 e. The summed E-state index contributed by atoms with van der Waals surface area (Å²) in [4.78, 5) is 26.9. The van der Waals surface area contributed by atoms with E-state index in [4.69, 9.17) is 4.74 Å². The molecule has 1 N–H and O–H groups in total. The number of ether oxygens (including phenoxy) is 1. The number of benzene rings is 3. The monoisotopic (exact) mass is 402 g/mol. The van der Waals surface area contributed by atoms with Gasteiger partial charge in [-0.2, -0.15) is 0 Å². The summed E-state index contributed by atoms with van der Waals surface area (Å²) in [6, 6.07) is 23.4. The summed E-state index contributed by atoms with van der Waals surface area (Å²) in [5.74, 6) is 0.320. The van der Waals surface area contributed by atoms with Crippen molar-refractivity contribution in [1.82, 2.24) is 0 Å². The summed E-state index contributed by atoms with van der Waals surface area (Å²) in [7, 11) is 1.74. The van der Waals surface area contributed by atoms with E-state index >= 15 is 0 Å². The standard InChI is InChI=1S/C25H26N2O3/c1-4-18(2)30-23-12-8-9-20(17-23)24(28)26-21-15-13-19(14-16-21)25(29)27(3)22-10-6-5-7-11-22/h5-18H,4H2,1-3H3,(H,26,28). The zero-order valence-corrected chi connectivity index (χ0v) is 17.5. The number of anilines is 2. The Kier molecular flexibility index (Phi) is 6.86. The average molecular weight is 402 g/mol. The van der Waals surface area contributed by atoms with Crippen LogP contribution in [0.25, 0.3) is 0 Å². The SMILES string of the molecule is CCC(C)Oc1cccc(C(=O)Nc2ccc(C(=O)N(C)c3ccccc3)cc2)c1. The van der Waals surface area contributed by atoms with Gasteiger partial charge in [0.25, 0.3) is 11.8 Å². The van der Waals surface area contributed by atoms with Crippen LogP contribution < -0.4 is 15.0 Å². The van der Waals surface area contributed by atoms with Crippen LogP contribution in [-0.2, 0) is 0 Å². The van der Waals surface area contributed by atoms with Gasteiger partial charge in [0.15, 0.2) is 0 Å². The van der Waals surface area contributed by atoms with E-state index < -0.39 is 0 Å². The Bertz CT molecular complexity index is 1000. The summed E-state index contributed by atoms with van der Waals surface area (Å²) in [5.41, 5.74) is 2.50. The van der Waals surface area contributed by atoms with Gasteiger partial charge in [0.1, 0.15) is 5.75 Å². The first-order valence-electron chi connectivity index (χ1n) is 9.99. The second kappa shape index (κ2) is 9.74. The minimum Gasteiger partial charge on any atom is -0.491 e. The highest BCUT2D eigenvalue weighted by atomic mass is 16.5. The van der Waals surface area contributed by atoms with E-state index in [0.29, 0.717) is 22.6 Å². The van der Waals surface area contributed by atoms with Crippen LogP contribution in [0.3, 0.4) is 0 Å². The first kappa shape index (κ1) is 21.1. The molecule has 0 bridgehead atoms. The van der Waals surface area contributed by atoms with Gasteiger partial charge in [-0.25, -0.2) is 0 Å². The number of para-hydroxylation sites is 1. The summed E-state index contributed by atoms with van der Waals surface area (Å²) < 4.78 is 5.78. The molecule has 154 valence electrons. The largest absolute Gasteiger partial charge is 0.491 e. The Hall–Kier alpha value is -3.60. The third kappa shape index (κ3) is 5.26. The molecule has 0 aliphatic heterocycles. The summed E-state index contributed by atoms with van der Waals surface area (Å²) >= 11 is 0. The number of hydrogen-bond donors (Lipinski definition) is 1. The molecule has 0 aromatic heterocycles. The summed E-state index contributed by atoms with van der Waals surface area (Å²) in [5, 5.41) is 2.86. The zero-order valence-electron chi connectivity index (χ0n) is 17.5. The van der Waals surface area contributed by atoms with Crippen molar-refractivity contribution in [3.63, 3.8) is 0 Å². The fourth-order valence-electron chi connectivity index (χ4n) is 2.89. The third-order valence-corrected chi connectivity index (χ3v) is 4.85. The Morgan fingerprint density at radius 1 is 0.933 bits per heavy atom. The van der Waals surface area contributed by atoms with Crippen molar-refractivity contribution in [2.75, 3.05) is 17.3 Å². The molecular weight excluding hydrogens is 376 g/mol. The number of nitrogens with one attached hydrogen (secondary N) is 1. The zero-order chi connectivity index (χ0) is 21.5. The number of carbonyl (C=O) groups excluding carboxylic acids is 2. The van der Waals surface area contributed by atoms with Gasteiger partial charge in [-0.1, -0.05) is 31.2 Å². The van der Waals surface area contributed by atoms with E-state index in [1.54, 1.807) is 54.4 Å². The summed E-state index contributed by atoms with van der Waals surface area (Å²) in [6.45, 7) is 4.04. The molecule has 0 radical (unpaired) electrons. The van der Waals surface area contributed by atoms with Crippen molar-refractivity contribution in [3.05, 3.63) is 90.0 Å². The van der Waals surface area contributed by atoms with Crippen LogP contribution in [0.5, 0.6) is 5.75 Å². The molecule has 0 saturated carbocycles. The lowest BCUT2D eigenvalue weighted by Crippen LogP contribution is -2.26. The minimum absolute atomic E-state index is 0.0856. The number of carbonyl (C=O) groups is 2. The van der Waals surface area contributed by atoms with Gasteiger partial charge in [-0.3, -0.25) is 9.59 Å². The Labute approximate surface area is 177 Å². The van der Waals surface area contributed by atoms with E-state index in [9.17, 15) is 9.59 Å². The van der Waals surface area contributed by atoms with Crippen LogP contribution in [0.1, 0.15) is 41.0 Å². The second-order valence-corrected chi connectivity index (χ2v) is 7.10. The number of rotatable bonds is 7. The lowest BCUT2D eigenvalue weighted by molar-refractivity contribution is 0.0991. The van der Waals surface area contributed by atoms with Gasteiger partial charge in [0, 0.05) is 29.5 Å². The highest BCUT2D eigenvalue weighted by Gasteiger charge is 2.14. The van der Waals surface area contributed by atoms with Gasteiger partial charge in [-0.05, 0) is 67.9 Å². The lowest BCUT2D eigenvalue weighted by Gasteiger charge is -2.17. The highest BCUT2D eigenvalue weighted by molar-refractivity contribution is 6.07. The van der Waals surface area contributed by atoms with Gasteiger partial charge >= 0.3 is 0 Å². The number of amides is 2. The van der Waals surface area contributed by atoms with Crippen LogP contribution in [0.15, 0.2) is 78.9 Å². The molecule has 0 fully saturated rings. The molecule has 3 rings (SSSR count). The molecule has 1 atom stereocenters. The maximum atomic E-state index is 12.7. The molecule has 0 aliphatic rings. The maximum absolute atomic E-state index is 12.7. The third-order valence-electron chi connectivity index (χ3n) is 4.85. The quantitative estimate of drug-likeness (QED) is 0.576. The highest BCUT2D eigenvalue weighted by Crippen LogP contribution is 2.19. The van der Waals surface area contributed by atoms with Crippen molar-refractivity contribution in [2.24, 2.45) is 0 Å². The lowest BCUT2D eigenvalue weighted by atomic mass is 10.1. The minimum atomic E-state index is -0.231. The molecule has 3 aromatic rings. The molecule has 3 aromatic carbocycles. The first-order valence-corrected chi connectivity index (χ1v) is 9.99. The molecular formula is C25H26N2O3. The van der Waals surface area contributed by atoms with Crippen LogP contribution in [0.4, 0.5) is 11.4 Å². The summed E-state index contributed by atoms with van der Waals surface area (Å²) in [6.07, 6.45) is 0.975. The van der Waals surface area contributed by atoms with Crippen molar-refractivity contribution in [3.8, 4) is 5.75 Å². The van der Waals surface area contributed by atoms with Crippen LogP contribution in [0.2, 0.25) is 0 Å². The Morgan fingerprint density at radius 2 is 1.63 bits per heavy atom. The van der Waals surface area contributed by atoms with E-state index in [-0.39, 0.29) is 17.9 Å². The van der Waals surface area contributed by atoms with Crippen molar-refractivity contribution >= 4 is 23.2 Å². The molecule has 30 heavy (non-hydrogen) atoms. The van der Waals surface area contributed by atoms with Crippen LogP contribution in [-0.4, -0.2) is 25.0 Å². The fraction of sp³-hybridized carbons (Fsp3) is 0.200. The normalized spacial score (nSPS) is 11.4. The van der Waals surface area contributed by atoms with Crippen LogP contribution in [0, 0.1) is 0 Å². The first-order chi connectivity index (χ1) is 14.5. The Morgan fingerprint density at radius 3 is 2.30 bits per heavy atom. The molecule has 1 unspecified atom stereocenters. The van der Waals surface area contributed by atoms with Gasteiger partial charge in [0.05, 0.1) is 6.10 Å². The topological polar surface area (TPSA) is 58.6 Å². The second-order valence-electron chi connectivity index (χ2n) is 7.10. The van der Waals surface area contributed by atoms with E-state index in [2.05, 4.69) is 5.32 Å². The van der Waals surface area contributed by atoms with Crippen LogP contribution >= 0.6 is 0 Å². The molecule has 2 amide bonds. The van der Waals surface area contributed by atoms with Gasteiger partial charge < -0.3 is 15.0 Å². The van der Waals surface area contributed by atoms with Crippen molar-refractivity contribution in [2.45, 2.75) is 26.4 Å². The van der Waals surface area contributed by atoms with E-state index in [0.717, 1.165) is 12.1 Å². The predicted octanol–water partition coefficient (Wildman–Crippen LogP) is 5.39. The average Bonchev–Trinajstić information content (AvgIpc) is 2.79. The van der Waals surface area contributed by atoms with Gasteiger partial charge in [0.2, 0.25) is 0 Å². The molecule has 0 aliphatic carbocycles. The number of nitrogens with zero attached hydrogens (tertiary/aromatic N) is 1. The van der Waals surface area contributed by atoms with E-state index in [1.165, 1.54) is 0 Å². The molecule has 5 nitrogen and oxygen atoms in total. The molecule has 0 spiro atoms. The van der Waals surface area contributed by atoms with E-state index in [1.807, 2.05) is 50.2 Å². The van der Waals surface area contributed by atoms with Crippen molar-refractivity contribution < 1.29 is 14.3 Å².